The summed E-state index contributed by atoms with van der Waals surface area (Å²) in [6, 6.07) is -0.288. The molecule has 1 rings (SSSR count). The van der Waals surface area contributed by atoms with E-state index in [1.54, 1.807) is 18.5 Å². The van der Waals surface area contributed by atoms with E-state index in [0.29, 0.717) is 5.82 Å². The molecule has 0 aromatic carbocycles. The summed E-state index contributed by atoms with van der Waals surface area (Å²) in [5.41, 5.74) is 0. The van der Waals surface area contributed by atoms with Gasteiger partial charge >= 0.3 is 0 Å². The lowest BCUT2D eigenvalue weighted by atomic mass is 10.1. The number of sulfonamides is 1. The normalized spacial score (nSPS) is 14.2. The number of rotatable bonds is 5. The van der Waals surface area contributed by atoms with Gasteiger partial charge in [0.05, 0.1) is 0 Å². The molecule has 0 aliphatic carbocycles. The predicted octanol–water partition coefficient (Wildman–Crippen LogP) is 1.27. The van der Waals surface area contributed by atoms with Gasteiger partial charge in [-0.3, -0.25) is 0 Å². The van der Waals surface area contributed by atoms with Crippen LogP contribution in [0, 0.1) is 12.8 Å². The first kappa shape index (κ1) is 14.5. The molecule has 0 spiro atoms. The van der Waals surface area contributed by atoms with Crippen molar-refractivity contribution in [3.8, 4) is 0 Å². The maximum atomic E-state index is 12.0. The number of aromatic nitrogens is 2. The molecule has 17 heavy (non-hydrogen) atoms. The van der Waals surface area contributed by atoms with E-state index >= 15 is 0 Å². The standard InChI is InChI=1S/C10H18ClN3O2S/c1-7(2)9(5-11)13-17(15,16)10-6-14(4)8(3)12-10/h6-7,9,13H,5H2,1-4H3. The topological polar surface area (TPSA) is 64.0 Å². The van der Waals surface area contributed by atoms with Crippen molar-refractivity contribution in [1.82, 2.24) is 14.3 Å². The van der Waals surface area contributed by atoms with Gasteiger partial charge in [0, 0.05) is 25.2 Å². The molecule has 0 aliphatic heterocycles. The van der Waals surface area contributed by atoms with Gasteiger partial charge in [-0.25, -0.2) is 18.1 Å². The molecule has 1 heterocycles. The van der Waals surface area contributed by atoms with Crippen LogP contribution in [0.25, 0.3) is 0 Å². The van der Waals surface area contributed by atoms with Crippen molar-refractivity contribution in [2.75, 3.05) is 5.88 Å². The predicted molar refractivity (Wildman–Crippen MR) is 67.6 cm³/mol. The summed E-state index contributed by atoms with van der Waals surface area (Å²) < 4.78 is 28.3. The summed E-state index contributed by atoms with van der Waals surface area (Å²) in [6.45, 7) is 5.58. The molecule has 7 heteroatoms. The first-order chi connectivity index (χ1) is 7.77. The molecular formula is C10H18ClN3O2S. The second-order valence-corrected chi connectivity index (χ2v) is 6.33. The number of halogens is 1. The number of hydrogen-bond donors (Lipinski definition) is 1. The van der Waals surface area contributed by atoms with Crippen LogP contribution >= 0.6 is 11.6 Å². The molecule has 1 unspecified atom stereocenters. The molecule has 98 valence electrons. The van der Waals surface area contributed by atoms with Gasteiger partial charge in [-0.15, -0.1) is 11.6 Å². The fraction of sp³-hybridized carbons (Fsp3) is 0.700. The Bertz CT molecular complexity index is 462. The smallest absolute Gasteiger partial charge is 0.259 e. The van der Waals surface area contributed by atoms with E-state index in [1.165, 1.54) is 6.20 Å². The molecule has 0 amide bonds. The minimum atomic E-state index is -3.58. The number of alkyl halides is 1. The Morgan fingerprint density at radius 3 is 2.47 bits per heavy atom. The van der Waals surface area contributed by atoms with Gasteiger partial charge in [-0.05, 0) is 12.8 Å². The molecule has 5 nitrogen and oxygen atoms in total. The number of nitrogens with one attached hydrogen (secondary N) is 1. The van der Waals surface area contributed by atoms with Crippen molar-refractivity contribution >= 4 is 21.6 Å². The van der Waals surface area contributed by atoms with Crippen LogP contribution in [0.15, 0.2) is 11.2 Å². The molecular weight excluding hydrogens is 262 g/mol. The van der Waals surface area contributed by atoms with E-state index in [4.69, 9.17) is 11.6 Å². The third kappa shape index (κ3) is 3.43. The van der Waals surface area contributed by atoms with Crippen LogP contribution < -0.4 is 4.72 Å². The third-order valence-corrected chi connectivity index (χ3v) is 4.33. The van der Waals surface area contributed by atoms with E-state index < -0.39 is 10.0 Å². The molecule has 0 fully saturated rings. The fourth-order valence-electron chi connectivity index (χ4n) is 1.26. The molecule has 0 saturated heterocycles. The number of aryl methyl sites for hydroxylation is 2. The van der Waals surface area contributed by atoms with Crippen LogP contribution in [0.1, 0.15) is 19.7 Å². The Labute approximate surface area is 107 Å². The molecule has 0 saturated carbocycles. The summed E-state index contributed by atoms with van der Waals surface area (Å²) in [6.07, 6.45) is 1.49. The highest BCUT2D eigenvalue weighted by Crippen LogP contribution is 2.11. The fourth-order valence-corrected chi connectivity index (χ4v) is 3.21. The van der Waals surface area contributed by atoms with Crippen molar-refractivity contribution in [3.05, 3.63) is 12.0 Å². The Hall–Kier alpha value is -0.590. The molecule has 0 bridgehead atoms. The molecule has 1 atom stereocenters. The van der Waals surface area contributed by atoms with Crippen LogP contribution in [0.3, 0.4) is 0 Å². The van der Waals surface area contributed by atoms with Crippen LogP contribution in [0.4, 0.5) is 0 Å². The molecule has 1 aromatic heterocycles. The number of imidazole rings is 1. The maximum Gasteiger partial charge on any atom is 0.259 e. The molecule has 0 aliphatic rings. The Morgan fingerprint density at radius 2 is 2.12 bits per heavy atom. The van der Waals surface area contributed by atoms with Gasteiger partial charge in [-0.2, -0.15) is 0 Å². The SMILES string of the molecule is Cc1nc(S(=O)(=O)NC(CCl)C(C)C)cn1C. The second kappa shape index (κ2) is 5.37. The van der Waals surface area contributed by atoms with E-state index in [9.17, 15) is 8.42 Å². The molecule has 1 N–H and O–H groups in total. The molecule has 0 radical (unpaired) electrons. The minimum Gasteiger partial charge on any atom is -0.337 e. The van der Waals surface area contributed by atoms with Gasteiger partial charge in [-0.1, -0.05) is 13.8 Å². The highest BCUT2D eigenvalue weighted by Gasteiger charge is 2.24. The van der Waals surface area contributed by atoms with Crippen molar-refractivity contribution in [1.29, 1.82) is 0 Å². The van der Waals surface area contributed by atoms with Crippen molar-refractivity contribution in [3.63, 3.8) is 0 Å². The second-order valence-electron chi connectivity index (χ2n) is 4.36. The lowest BCUT2D eigenvalue weighted by molar-refractivity contribution is 0.479. The van der Waals surface area contributed by atoms with E-state index in [0.717, 1.165) is 0 Å². The van der Waals surface area contributed by atoms with Gasteiger partial charge in [0.2, 0.25) is 0 Å². The Balaban J connectivity index is 2.96. The van der Waals surface area contributed by atoms with Gasteiger partial charge in [0.25, 0.3) is 10.0 Å². The van der Waals surface area contributed by atoms with Crippen molar-refractivity contribution in [2.24, 2.45) is 13.0 Å². The number of nitrogens with zero attached hydrogens (tertiary/aromatic N) is 2. The largest absolute Gasteiger partial charge is 0.337 e. The van der Waals surface area contributed by atoms with Crippen molar-refractivity contribution in [2.45, 2.75) is 31.8 Å². The summed E-state index contributed by atoms with van der Waals surface area (Å²) >= 11 is 5.74. The average molecular weight is 280 g/mol. The van der Waals surface area contributed by atoms with Crippen molar-refractivity contribution < 1.29 is 8.42 Å². The zero-order valence-electron chi connectivity index (χ0n) is 10.4. The lowest BCUT2D eigenvalue weighted by Gasteiger charge is -2.18. The maximum absolute atomic E-state index is 12.0. The first-order valence-electron chi connectivity index (χ1n) is 5.36. The quantitative estimate of drug-likeness (QED) is 0.826. The monoisotopic (exact) mass is 279 g/mol. The highest BCUT2D eigenvalue weighted by atomic mass is 35.5. The summed E-state index contributed by atoms with van der Waals surface area (Å²) in [7, 11) is -1.83. The first-order valence-corrected chi connectivity index (χ1v) is 7.38. The zero-order chi connectivity index (χ0) is 13.2. The summed E-state index contributed by atoms with van der Waals surface area (Å²) in [5.74, 6) is 1.02. The summed E-state index contributed by atoms with van der Waals surface area (Å²) in [5, 5.41) is 0.0354. The van der Waals surface area contributed by atoms with E-state index in [1.807, 2.05) is 13.8 Å². The van der Waals surface area contributed by atoms with Crippen LogP contribution in [-0.2, 0) is 17.1 Å². The van der Waals surface area contributed by atoms with E-state index in [2.05, 4.69) is 9.71 Å². The Kier molecular flexibility index (Phi) is 4.57. The zero-order valence-corrected chi connectivity index (χ0v) is 12.0. The third-order valence-electron chi connectivity index (χ3n) is 2.64. The Morgan fingerprint density at radius 1 is 1.53 bits per heavy atom. The van der Waals surface area contributed by atoms with Gasteiger partial charge < -0.3 is 4.57 Å². The lowest BCUT2D eigenvalue weighted by Crippen LogP contribution is -2.39. The van der Waals surface area contributed by atoms with Crippen LogP contribution in [0.2, 0.25) is 0 Å². The highest BCUT2D eigenvalue weighted by molar-refractivity contribution is 7.89. The average Bonchev–Trinajstić information content (AvgIpc) is 2.56. The number of hydrogen-bond acceptors (Lipinski definition) is 3. The summed E-state index contributed by atoms with van der Waals surface area (Å²) in [4.78, 5) is 4.00. The van der Waals surface area contributed by atoms with E-state index in [-0.39, 0.29) is 22.9 Å². The van der Waals surface area contributed by atoms with Crippen LogP contribution in [-0.4, -0.2) is 29.9 Å². The van der Waals surface area contributed by atoms with Gasteiger partial charge in [0.1, 0.15) is 5.82 Å². The molecule has 1 aromatic rings. The van der Waals surface area contributed by atoms with Crippen LogP contribution in [0.5, 0.6) is 0 Å². The minimum absolute atomic E-state index is 0.0354. The van der Waals surface area contributed by atoms with Gasteiger partial charge in [0.15, 0.2) is 5.03 Å².